The summed E-state index contributed by atoms with van der Waals surface area (Å²) in [5.41, 5.74) is 5.32. The summed E-state index contributed by atoms with van der Waals surface area (Å²) in [6.07, 6.45) is -0.577. The zero-order valence-corrected chi connectivity index (χ0v) is 14.5. The Morgan fingerprint density at radius 1 is 0.960 bits per heavy atom. The van der Waals surface area contributed by atoms with E-state index in [1.165, 1.54) is 0 Å². The molecule has 138 valence electrons. The minimum atomic E-state index is -0.577. The van der Waals surface area contributed by atoms with Gasteiger partial charge in [-0.15, -0.1) is 0 Å². The van der Waals surface area contributed by atoms with Gasteiger partial charge in [0.05, 0.1) is 26.4 Å². The summed E-state index contributed by atoms with van der Waals surface area (Å²) in [5.74, 6) is 0.790. The molecule has 0 aromatic heterocycles. The Hall–Kier alpha value is -1.70. The molecule has 6 nitrogen and oxygen atoms in total. The molecule has 0 radical (unpaired) electrons. The van der Waals surface area contributed by atoms with E-state index in [4.69, 9.17) is 19.9 Å². The number of nitrogens with one attached hydrogen (secondary N) is 1. The van der Waals surface area contributed by atoms with Crippen LogP contribution >= 0.6 is 0 Å². The Balaban J connectivity index is 1.57. The van der Waals surface area contributed by atoms with E-state index in [2.05, 4.69) is 5.32 Å². The third-order valence-corrected chi connectivity index (χ3v) is 3.62. The fraction of sp³-hybridized carbons (Fsp3) is 0.474. The van der Waals surface area contributed by atoms with Crippen molar-refractivity contribution in [1.29, 1.82) is 0 Å². The molecule has 0 spiro atoms. The Morgan fingerprint density at radius 2 is 1.72 bits per heavy atom. The fourth-order valence-electron chi connectivity index (χ4n) is 2.38. The zero-order valence-electron chi connectivity index (χ0n) is 14.5. The molecule has 0 aliphatic carbocycles. The Morgan fingerprint density at radius 3 is 2.56 bits per heavy atom. The highest BCUT2D eigenvalue weighted by atomic mass is 16.5. The molecule has 0 saturated carbocycles. The molecule has 2 rings (SSSR count). The standard InChI is InChI=1S/C19H28N2O4/c20-8-10-23-12-13-24-11-9-21-14-17(22)15-25-19-7-3-5-16-4-1-2-6-18(16)19/h1-7,17,21-22H,8-15,20H2/t17-/m1/s1. The minimum Gasteiger partial charge on any atom is -0.490 e. The molecule has 0 heterocycles. The van der Waals surface area contributed by atoms with E-state index >= 15 is 0 Å². The van der Waals surface area contributed by atoms with Crippen molar-refractivity contribution in [3.05, 3.63) is 42.5 Å². The number of rotatable bonds is 13. The van der Waals surface area contributed by atoms with Gasteiger partial charge in [0.1, 0.15) is 18.5 Å². The number of fused-ring (bicyclic) bond motifs is 1. The first-order valence-corrected chi connectivity index (χ1v) is 8.66. The molecule has 25 heavy (non-hydrogen) atoms. The quantitative estimate of drug-likeness (QED) is 0.471. The van der Waals surface area contributed by atoms with Crippen LogP contribution in [0.1, 0.15) is 0 Å². The van der Waals surface area contributed by atoms with Gasteiger partial charge in [-0.2, -0.15) is 0 Å². The predicted molar refractivity (Wildman–Crippen MR) is 99.0 cm³/mol. The van der Waals surface area contributed by atoms with Crippen LogP contribution in [0.4, 0.5) is 0 Å². The van der Waals surface area contributed by atoms with Crippen molar-refractivity contribution in [2.24, 2.45) is 5.73 Å². The summed E-state index contributed by atoms with van der Waals surface area (Å²) in [7, 11) is 0. The van der Waals surface area contributed by atoms with Crippen LogP contribution in [-0.2, 0) is 9.47 Å². The van der Waals surface area contributed by atoms with Gasteiger partial charge in [0.25, 0.3) is 0 Å². The van der Waals surface area contributed by atoms with Crippen molar-refractivity contribution in [3.8, 4) is 5.75 Å². The smallest absolute Gasteiger partial charge is 0.127 e. The fourth-order valence-corrected chi connectivity index (χ4v) is 2.38. The molecule has 4 N–H and O–H groups in total. The van der Waals surface area contributed by atoms with Crippen LogP contribution in [0.5, 0.6) is 5.75 Å². The van der Waals surface area contributed by atoms with E-state index in [1.807, 2.05) is 42.5 Å². The Bertz CT molecular complexity index is 603. The molecule has 0 unspecified atom stereocenters. The van der Waals surface area contributed by atoms with Crippen molar-refractivity contribution in [1.82, 2.24) is 5.32 Å². The lowest BCUT2D eigenvalue weighted by Crippen LogP contribution is -2.33. The van der Waals surface area contributed by atoms with E-state index in [0.29, 0.717) is 46.1 Å². The van der Waals surface area contributed by atoms with Crippen LogP contribution in [0.25, 0.3) is 10.8 Å². The second kappa shape index (κ2) is 11.8. The van der Waals surface area contributed by atoms with Crippen molar-refractivity contribution < 1.29 is 19.3 Å². The molecule has 2 aromatic rings. The SMILES string of the molecule is NCCOCCOCCNC[C@@H](O)COc1cccc2ccccc12. The monoisotopic (exact) mass is 348 g/mol. The summed E-state index contributed by atoms with van der Waals surface area (Å²) in [6.45, 7) is 4.13. The highest BCUT2D eigenvalue weighted by Crippen LogP contribution is 2.25. The van der Waals surface area contributed by atoms with Crippen molar-refractivity contribution in [2.75, 3.05) is 52.7 Å². The van der Waals surface area contributed by atoms with Gasteiger partial charge in [-0.25, -0.2) is 0 Å². The maximum atomic E-state index is 10.0. The molecule has 0 saturated heterocycles. The molecule has 0 amide bonds. The maximum Gasteiger partial charge on any atom is 0.127 e. The van der Waals surface area contributed by atoms with Crippen molar-refractivity contribution >= 4 is 10.8 Å². The van der Waals surface area contributed by atoms with Crippen LogP contribution in [0.2, 0.25) is 0 Å². The summed E-state index contributed by atoms with van der Waals surface area (Å²) < 4.78 is 16.4. The van der Waals surface area contributed by atoms with Crippen LogP contribution in [0, 0.1) is 0 Å². The van der Waals surface area contributed by atoms with Gasteiger partial charge < -0.3 is 30.4 Å². The van der Waals surface area contributed by atoms with E-state index in [9.17, 15) is 5.11 Å². The molecule has 0 bridgehead atoms. The van der Waals surface area contributed by atoms with Crippen molar-refractivity contribution in [2.45, 2.75) is 6.10 Å². The number of aliphatic hydroxyl groups is 1. The van der Waals surface area contributed by atoms with Gasteiger partial charge in [0, 0.05) is 25.0 Å². The number of hydrogen-bond acceptors (Lipinski definition) is 6. The number of nitrogens with two attached hydrogens (primary N) is 1. The highest BCUT2D eigenvalue weighted by Gasteiger charge is 2.07. The van der Waals surface area contributed by atoms with Gasteiger partial charge in [-0.3, -0.25) is 0 Å². The lowest BCUT2D eigenvalue weighted by Gasteiger charge is -2.14. The third kappa shape index (κ3) is 7.37. The molecular formula is C19H28N2O4. The van der Waals surface area contributed by atoms with Crippen LogP contribution < -0.4 is 15.8 Å². The Kier molecular flexibility index (Phi) is 9.25. The summed E-state index contributed by atoms with van der Waals surface area (Å²) in [6, 6.07) is 14.0. The minimum absolute atomic E-state index is 0.245. The van der Waals surface area contributed by atoms with Gasteiger partial charge in [0.2, 0.25) is 0 Å². The molecule has 2 aromatic carbocycles. The lowest BCUT2D eigenvalue weighted by atomic mass is 10.1. The molecular weight excluding hydrogens is 320 g/mol. The average Bonchev–Trinajstić information content (AvgIpc) is 2.65. The van der Waals surface area contributed by atoms with Gasteiger partial charge in [0.15, 0.2) is 0 Å². The maximum absolute atomic E-state index is 10.0. The van der Waals surface area contributed by atoms with E-state index in [-0.39, 0.29) is 6.61 Å². The summed E-state index contributed by atoms with van der Waals surface area (Å²) in [5, 5.41) is 15.3. The zero-order chi connectivity index (χ0) is 17.7. The van der Waals surface area contributed by atoms with Crippen LogP contribution in [-0.4, -0.2) is 63.9 Å². The van der Waals surface area contributed by atoms with Crippen molar-refractivity contribution in [3.63, 3.8) is 0 Å². The normalized spacial score (nSPS) is 12.4. The lowest BCUT2D eigenvalue weighted by molar-refractivity contribution is 0.0499. The number of ether oxygens (including phenoxy) is 3. The summed E-state index contributed by atoms with van der Waals surface area (Å²) in [4.78, 5) is 0. The van der Waals surface area contributed by atoms with Gasteiger partial charge in [-0.05, 0) is 11.5 Å². The second-order valence-corrected chi connectivity index (χ2v) is 5.66. The predicted octanol–water partition coefficient (Wildman–Crippen LogP) is 1.16. The average molecular weight is 348 g/mol. The van der Waals surface area contributed by atoms with Crippen LogP contribution in [0.15, 0.2) is 42.5 Å². The Labute approximate surface area is 148 Å². The largest absolute Gasteiger partial charge is 0.490 e. The molecule has 0 aliphatic rings. The molecule has 0 fully saturated rings. The highest BCUT2D eigenvalue weighted by molar-refractivity contribution is 5.88. The first-order valence-electron chi connectivity index (χ1n) is 8.66. The molecule has 1 atom stereocenters. The summed E-state index contributed by atoms with van der Waals surface area (Å²) >= 11 is 0. The van der Waals surface area contributed by atoms with Gasteiger partial charge >= 0.3 is 0 Å². The number of aliphatic hydroxyl groups excluding tert-OH is 1. The third-order valence-electron chi connectivity index (χ3n) is 3.62. The van der Waals surface area contributed by atoms with E-state index in [0.717, 1.165) is 16.5 Å². The first-order chi connectivity index (χ1) is 12.3. The number of hydrogen-bond donors (Lipinski definition) is 3. The molecule has 6 heteroatoms. The van der Waals surface area contributed by atoms with E-state index in [1.54, 1.807) is 0 Å². The van der Waals surface area contributed by atoms with Crippen LogP contribution in [0.3, 0.4) is 0 Å². The first kappa shape index (κ1) is 19.6. The number of benzene rings is 2. The topological polar surface area (TPSA) is 86.0 Å². The second-order valence-electron chi connectivity index (χ2n) is 5.66. The van der Waals surface area contributed by atoms with E-state index < -0.39 is 6.10 Å². The van der Waals surface area contributed by atoms with Gasteiger partial charge in [-0.1, -0.05) is 36.4 Å². The molecule has 0 aliphatic heterocycles.